The Morgan fingerprint density at radius 3 is 3.06 bits per heavy atom. The van der Waals surface area contributed by atoms with Crippen LogP contribution in [0.25, 0.3) is 11.0 Å². The summed E-state index contributed by atoms with van der Waals surface area (Å²) in [6.45, 7) is 1.78. The molecule has 0 saturated heterocycles. The van der Waals surface area contributed by atoms with Crippen LogP contribution in [-0.4, -0.2) is 19.6 Å². The van der Waals surface area contributed by atoms with Gasteiger partial charge < -0.3 is 4.42 Å². The molecule has 0 atom stereocenters. The van der Waals surface area contributed by atoms with E-state index in [4.69, 9.17) is 4.42 Å². The van der Waals surface area contributed by atoms with E-state index in [1.54, 1.807) is 19.1 Å². The molecular formula is C11H8N4O2S. The highest BCUT2D eigenvalue weighted by atomic mass is 32.1. The Labute approximate surface area is 106 Å². The lowest BCUT2D eigenvalue weighted by Crippen LogP contribution is -2.12. The fraction of sp³-hybridized carbons (Fsp3) is 0.0909. The van der Waals surface area contributed by atoms with E-state index in [2.05, 4.69) is 19.0 Å². The van der Waals surface area contributed by atoms with Crippen molar-refractivity contribution in [3.63, 3.8) is 0 Å². The maximum absolute atomic E-state index is 12.1. The molecule has 0 aliphatic carbocycles. The van der Waals surface area contributed by atoms with Gasteiger partial charge in [0.2, 0.25) is 0 Å². The van der Waals surface area contributed by atoms with Crippen LogP contribution >= 0.6 is 11.7 Å². The molecule has 3 aromatic rings. The van der Waals surface area contributed by atoms with Crippen LogP contribution in [0.4, 0.5) is 6.01 Å². The second kappa shape index (κ2) is 4.19. The molecule has 0 aliphatic heterocycles. The average Bonchev–Trinajstić information content (AvgIpc) is 2.97. The van der Waals surface area contributed by atoms with Gasteiger partial charge in [-0.3, -0.25) is 10.1 Å². The Balaban J connectivity index is 1.94. The number of hydrogen-bond acceptors (Lipinski definition) is 6. The summed E-state index contributed by atoms with van der Waals surface area (Å²) in [6, 6.07) is 5.44. The summed E-state index contributed by atoms with van der Waals surface area (Å²) in [4.78, 5) is 16.1. The number of amides is 1. The van der Waals surface area contributed by atoms with Crippen molar-refractivity contribution in [1.82, 2.24) is 13.7 Å². The van der Waals surface area contributed by atoms with Crippen molar-refractivity contribution in [2.45, 2.75) is 6.92 Å². The maximum atomic E-state index is 12.1. The lowest BCUT2D eigenvalue weighted by atomic mass is 10.2. The summed E-state index contributed by atoms with van der Waals surface area (Å²) in [6.07, 6.45) is 1.47. The maximum Gasteiger partial charge on any atom is 0.301 e. The predicted molar refractivity (Wildman–Crippen MR) is 66.6 cm³/mol. The first-order valence-electron chi connectivity index (χ1n) is 5.19. The first-order valence-corrected chi connectivity index (χ1v) is 5.92. The fourth-order valence-electron chi connectivity index (χ4n) is 1.57. The largest absolute Gasteiger partial charge is 0.432 e. The average molecular weight is 260 g/mol. The first-order chi connectivity index (χ1) is 8.74. The van der Waals surface area contributed by atoms with Crippen LogP contribution in [0.5, 0.6) is 0 Å². The summed E-state index contributed by atoms with van der Waals surface area (Å²) in [5.74, 6) is -0.310. The normalized spacial score (nSPS) is 10.7. The highest BCUT2D eigenvalue weighted by Gasteiger charge is 2.14. The van der Waals surface area contributed by atoms with E-state index in [0.717, 1.165) is 11.7 Å². The lowest BCUT2D eigenvalue weighted by Gasteiger charge is -2.00. The summed E-state index contributed by atoms with van der Waals surface area (Å²) in [5.41, 5.74) is 2.45. The topological polar surface area (TPSA) is 80.9 Å². The van der Waals surface area contributed by atoms with E-state index in [-0.39, 0.29) is 11.9 Å². The Bertz CT molecular complexity index is 718. The van der Waals surface area contributed by atoms with Crippen LogP contribution < -0.4 is 5.32 Å². The van der Waals surface area contributed by atoms with E-state index in [1.165, 1.54) is 6.26 Å². The molecular weight excluding hydrogens is 252 g/mol. The summed E-state index contributed by atoms with van der Waals surface area (Å²) in [5, 5.41) is 2.58. The predicted octanol–water partition coefficient (Wildman–Crippen LogP) is 2.24. The van der Waals surface area contributed by atoms with Crippen molar-refractivity contribution in [3.05, 3.63) is 35.7 Å². The highest BCUT2D eigenvalue weighted by molar-refractivity contribution is 7.00. The summed E-state index contributed by atoms with van der Waals surface area (Å²) in [7, 11) is 0. The van der Waals surface area contributed by atoms with Crippen molar-refractivity contribution < 1.29 is 9.21 Å². The molecule has 0 bridgehead atoms. The van der Waals surface area contributed by atoms with Gasteiger partial charge in [0.1, 0.15) is 17.3 Å². The van der Waals surface area contributed by atoms with Gasteiger partial charge in [0.15, 0.2) is 0 Å². The van der Waals surface area contributed by atoms with Crippen LogP contribution in [0.2, 0.25) is 0 Å². The number of nitrogens with one attached hydrogen (secondary N) is 1. The molecule has 0 spiro atoms. The number of benzene rings is 1. The number of rotatable bonds is 2. The number of aryl methyl sites for hydroxylation is 1. The van der Waals surface area contributed by atoms with Crippen molar-refractivity contribution in [2.75, 3.05) is 5.32 Å². The number of hydrogen-bond donors (Lipinski definition) is 1. The minimum Gasteiger partial charge on any atom is -0.432 e. The Morgan fingerprint density at radius 2 is 2.28 bits per heavy atom. The van der Waals surface area contributed by atoms with Crippen molar-refractivity contribution in [3.8, 4) is 0 Å². The smallest absolute Gasteiger partial charge is 0.301 e. The molecule has 0 saturated carbocycles. The fourth-order valence-corrected chi connectivity index (χ4v) is 2.11. The molecule has 90 valence electrons. The van der Waals surface area contributed by atoms with Crippen LogP contribution in [0.3, 0.4) is 0 Å². The number of oxazole rings is 1. The van der Waals surface area contributed by atoms with Crippen molar-refractivity contribution in [2.24, 2.45) is 0 Å². The first kappa shape index (κ1) is 10.8. The van der Waals surface area contributed by atoms with Crippen LogP contribution in [0.1, 0.15) is 16.1 Å². The monoisotopic (exact) mass is 260 g/mol. The Hall–Kier alpha value is -2.28. The van der Waals surface area contributed by atoms with Gasteiger partial charge in [0.05, 0.1) is 23.0 Å². The highest BCUT2D eigenvalue weighted by Crippen LogP contribution is 2.17. The minimum atomic E-state index is -0.310. The Kier molecular flexibility index (Phi) is 2.52. The van der Waals surface area contributed by atoms with Crippen molar-refractivity contribution in [1.29, 1.82) is 0 Å². The zero-order valence-corrected chi connectivity index (χ0v) is 10.2. The molecule has 2 heterocycles. The van der Waals surface area contributed by atoms with E-state index >= 15 is 0 Å². The second-order valence-corrected chi connectivity index (χ2v) is 4.21. The molecule has 1 N–H and O–H groups in total. The van der Waals surface area contributed by atoms with Gasteiger partial charge in [-0.2, -0.15) is 13.7 Å². The SMILES string of the molecule is Cc1coc(NC(=O)c2cccc3nsnc23)n1. The second-order valence-electron chi connectivity index (χ2n) is 3.69. The molecule has 1 aromatic carbocycles. The third-order valence-electron chi connectivity index (χ3n) is 2.37. The number of nitrogens with zero attached hydrogens (tertiary/aromatic N) is 3. The van der Waals surface area contributed by atoms with Gasteiger partial charge in [-0.25, -0.2) is 0 Å². The zero-order valence-electron chi connectivity index (χ0n) is 9.38. The molecule has 2 aromatic heterocycles. The van der Waals surface area contributed by atoms with Gasteiger partial charge in [-0.15, -0.1) is 0 Å². The number of fused-ring (bicyclic) bond motifs is 1. The molecule has 0 fully saturated rings. The third-order valence-corrected chi connectivity index (χ3v) is 2.91. The number of carbonyl (C=O) groups is 1. The van der Waals surface area contributed by atoms with E-state index in [1.807, 2.05) is 6.07 Å². The van der Waals surface area contributed by atoms with E-state index in [9.17, 15) is 4.79 Å². The van der Waals surface area contributed by atoms with Crippen molar-refractivity contribution >= 4 is 34.7 Å². The molecule has 0 radical (unpaired) electrons. The van der Waals surface area contributed by atoms with Gasteiger partial charge in [0.25, 0.3) is 5.91 Å². The van der Waals surface area contributed by atoms with Crippen LogP contribution in [-0.2, 0) is 0 Å². The Morgan fingerprint density at radius 1 is 1.39 bits per heavy atom. The lowest BCUT2D eigenvalue weighted by molar-refractivity contribution is 0.102. The van der Waals surface area contributed by atoms with Gasteiger partial charge in [-0.05, 0) is 19.1 Å². The zero-order chi connectivity index (χ0) is 12.5. The van der Waals surface area contributed by atoms with Crippen LogP contribution in [0.15, 0.2) is 28.9 Å². The molecule has 3 rings (SSSR count). The molecule has 0 unspecified atom stereocenters. The van der Waals surface area contributed by atoms with Crippen LogP contribution in [0, 0.1) is 6.92 Å². The summed E-state index contributed by atoms with van der Waals surface area (Å²) < 4.78 is 13.3. The summed E-state index contributed by atoms with van der Waals surface area (Å²) >= 11 is 1.08. The molecule has 0 aliphatic rings. The third kappa shape index (κ3) is 1.84. The number of aromatic nitrogens is 3. The van der Waals surface area contributed by atoms with E-state index in [0.29, 0.717) is 22.3 Å². The molecule has 18 heavy (non-hydrogen) atoms. The molecule has 7 heteroatoms. The number of anilines is 1. The van der Waals surface area contributed by atoms with Gasteiger partial charge in [-0.1, -0.05) is 6.07 Å². The molecule has 1 amide bonds. The standard InChI is InChI=1S/C11H8N4O2S/c1-6-5-17-11(12-6)13-10(16)7-3-2-4-8-9(7)15-18-14-8/h2-5H,1H3,(H,12,13,16). The number of carbonyl (C=O) groups excluding carboxylic acids is 1. The van der Waals surface area contributed by atoms with E-state index < -0.39 is 0 Å². The van der Waals surface area contributed by atoms with Gasteiger partial charge in [0, 0.05) is 0 Å². The molecule has 6 nitrogen and oxygen atoms in total. The van der Waals surface area contributed by atoms with Gasteiger partial charge >= 0.3 is 6.01 Å². The quantitative estimate of drug-likeness (QED) is 0.764. The minimum absolute atomic E-state index is 0.178.